The van der Waals surface area contributed by atoms with Gasteiger partial charge in [0.15, 0.2) is 0 Å². The number of hydrogen-bond donors (Lipinski definition) is 0. The van der Waals surface area contributed by atoms with Crippen LogP contribution >= 0.6 is 0 Å². The van der Waals surface area contributed by atoms with Crippen molar-refractivity contribution in [3.05, 3.63) is 0 Å². The zero-order valence-electron chi connectivity index (χ0n) is 4.57. The minimum absolute atomic E-state index is 0. The van der Waals surface area contributed by atoms with Crippen molar-refractivity contribution in [3.8, 4) is 0 Å². The Kier molecular flexibility index (Phi) is 108. The summed E-state index contributed by atoms with van der Waals surface area (Å²) in [6.07, 6.45) is 0. The van der Waals surface area contributed by atoms with Crippen molar-refractivity contribution in [1.29, 1.82) is 0 Å². The summed E-state index contributed by atoms with van der Waals surface area (Å²) < 4.78 is 0. The molecule has 0 spiro atoms. The summed E-state index contributed by atoms with van der Waals surface area (Å²) in [5, 5.41) is 0. The fraction of sp³-hybridized carbons (Fsp3) is 0. The van der Waals surface area contributed by atoms with Crippen LogP contribution in [-0.2, 0) is 39.0 Å². The van der Waals surface area contributed by atoms with Gasteiger partial charge in [-0.25, -0.2) is 0 Å². The van der Waals surface area contributed by atoms with E-state index in [1.54, 1.807) is 0 Å². The average molecular weight is 295 g/mol. The Labute approximate surface area is 102 Å². The van der Waals surface area contributed by atoms with E-state index < -0.39 is 0 Å². The van der Waals surface area contributed by atoms with Crippen molar-refractivity contribution in [2.75, 3.05) is 0 Å². The molecule has 3 radical (unpaired) electrons. The van der Waals surface area contributed by atoms with Crippen LogP contribution in [-0.4, -0.2) is 62.2 Å². The van der Waals surface area contributed by atoms with Gasteiger partial charge in [-0.1, -0.05) is 0 Å². The van der Waals surface area contributed by atoms with Gasteiger partial charge in [0.1, 0.15) is 0 Å². The van der Waals surface area contributed by atoms with E-state index >= 15 is 0 Å². The predicted octanol–water partition coefficient (Wildman–Crippen LogP) is -0.542. The largest absolute Gasteiger partial charge is 2.00 e. The first-order valence-corrected chi connectivity index (χ1v) is 0. The monoisotopic (exact) mass is 291 g/mol. The van der Waals surface area contributed by atoms with E-state index in [4.69, 9.17) is 0 Å². The van der Waals surface area contributed by atoms with Crippen LogP contribution in [0.3, 0.4) is 0 Å². The molecule has 0 aromatic heterocycles. The normalized spacial score (nSPS) is 0. The van der Waals surface area contributed by atoms with Crippen LogP contribution in [0.15, 0.2) is 0 Å². The Morgan fingerprint density at radius 3 is 1.00 bits per heavy atom. The van der Waals surface area contributed by atoms with Crippen LogP contribution in [0.1, 0.15) is 2.85 Å². The molecule has 13 valence electrons. The molecular weight excluding hydrogens is 293 g/mol. The molecular formula is H2CaSbZn2. The molecule has 0 aliphatic rings. The van der Waals surface area contributed by atoms with Crippen LogP contribution in [0.5, 0.6) is 0 Å². The Morgan fingerprint density at radius 1 is 1.00 bits per heavy atom. The van der Waals surface area contributed by atoms with Gasteiger partial charge in [0.05, 0.1) is 0 Å². The maximum absolute atomic E-state index is 0. The molecule has 0 aromatic rings. The summed E-state index contributed by atoms with van der Waals surface area (Å²) in [6.45, 7) is 0. The van der Waals surface area contributed by atoms with E-state index in [0.29, 0.717) is 0 Å². The SMILES string of the molecule is [Ca+2].[H-].[H-].[Sb].[Zn].[Zn]. The van der Waals surface area contributed by atoms with Crippen molar-refractivity contribution < 1.29 is 41.8 Å². The molecule has 0 bridgehead atoms. The summed E-state index contributed by atoms with van der Waals surface area (Å²) in [6, 6.07) is 0. The topological polar surface area (TPSA) is 0 Å². The van der Waals surface area contributed by atoms with E-state index in [1.807, 2.05) is 0 Å². The summed E-state index contributed by atoms with van der Waals surface area (Å²) in [5.74, 6) is 0. The minimum Gasteiger partial charge on any atom is -1.00 e. The van der Waals surface area contributed by atoms with Gasteiger partial charge in [-0.3, -0.25) is 0 Å². The maximum Gasteiger partial charge on any atom is 2.00 e. The fourth-order valence-corrected chi connectivity index (χ4v) is 0. The molecule has 0 atom stereocenters. The van der Waals surface area contributed by atoms with Gasteiger partial charge in [0.25, 0.3) is 0 Å². The minimum atomic E-state index is 0. The molecule has 0 aromatic carbocycles. The fourth-order valence-electron chi connectivity index (χ4n) is 0. The van der Waals surface area contributed by atoms with Gasteiger partial charge in [-0.2, -0.15) is 0 Å². The Morgan fingerprint density at radius 2 is 1.00 bits per heavy atom. The van der Waals surface area contributed by atoms with Crippen LogP contribution in [0.4, 0.5) is 0 Å². The van der Waals surface area contributed by atoms with Crippen LogP contribution in [0, 0.1) is 0 Å². The zero-order chi connectivity index (χ0) is 0. The van der Waals surface area contributed by atoms with Crippen molar-refractivity contribution in [2.24, 2.45) is 0 Å². The van der Waals surface area contributed by atoms with Crippen LogP contribution in [0.25, 0.3) is 0 Å². The second-order valence-corrected chi connectivity index (χ2v) is 0. The van der Waals surface area contributed by atoms with Crippen molar-refractivity contribution >= 4 is 62.2 Å². The van der Waals surface area contributed by atoms with Gasteiger partial charge in [-0.15, -0.1) is 0 Å². The first-order chi connectivity index (χ1) is 0. The first-order valence-electron chi connectivity index (χ1n) is 0. The van der Waals surface area contributed by atoms with Gasteiger partial charge in [-0.05, 0) is 0 Å². The second-order valence-electron chi connectivity index (χ2n) is 0. The quantitative estimate of drug-likeness (QED) is 0.527. The third kappa shape index (κ3) is 9.01. The maximum atomic E-state index is 0. The predicted molar refractivity (Wildman–Crippen MR) is 13.7 cm³/mol. The smallest absolute Gasteiger partial charge is 1.00 e. The average Bonchev–Trinajstić information content (AvgIpc) is 0. The van der Waals surface area contributed by atoms with Crippen LogP contribution < -0.4 is 0 Å². The molecule has 0 nitrogen and oxygen atoms in total. The molecule has 0 amide bonds. The molecule has 0 heterocycles. The molecule has 4 heteroatoms. The van der Waals surface area contributed by atoms with E-state index in [0.717, 1.165) is 0 Å². The molecule has 0 aliphatic carbocycles. The second kappa shape index (κ2) is 16.2. The first kappa shape index (κ1) is 26.5. The third-order valence-electron chi connectivity index (χ3n) is 0. The van der Waals surface area contributed by atoms with E-state index in [1.165, 1.54) is 0 Å². The molecule has 0 saturated carbocycles. The van der Waals surface area contributed by atoms with Crippen LogP contribution in [0.2, 0.25) is 0 Å². The van der Waals surface area contributed by atoms with Gasteiger partial charge in [0, 0.05) is 63.4 Å². The molecule has 0 aliphatic heterocycles. The Bertz CT molecular complexity index is 11.5. The molecule has 0 rings (SSSR count). The summed E-state index contributed by atoms with van der Waals surface area (Å²) in [7, 11) is 0. The van der Waals surface area contributed by atoms with E-state index in [9.17, 15) is 0 Å². The van der Waals surface area contributed by atoms with Crippen molar-refractivity contribution in [1.82, 2.24) is 0 Å². The van der Waals surface area contributed by atoms with Gasteiger partial charge >= 0.3 is 37.7 Å². The third-order valence-corrected chi connectivity index (χ3v) is 0. The summed E-state index contributed by atoms with van der Waals surface area (Å²) in [4.78, 5) is 0. The van der Waals surface area contributed by atoms with E-state index in [-0.39, 0.29) is 104 Å². The van der Waals surface area contributed by atoms with Crippen molar-refractivity contribution in [2.45, 2.75) is 0 Å². The standard InChI is InChI=1S/Ca.Sb.2Zn.2H/q+2;;;;2*-1. The van der Waals surface area contributed by atoms with Crippen molar-refractivity contribution in [3.63, 3.8) is 0 Å². The zero-order valence-corrected chi connectivity index (χ0v) is 13.3. The Balaban J connectivity index is 0. The molecule has 0 saturated heterocycles. The van der Waals surface area contributed by atoms with E-state index in [2.05, 4.69) is 0 Å². The molecule has 0 fully saturated rings. The number of rotatable bonds is 0. The Hall–Kier alpha value is 3.32. The summed E-state index contributed by atoms with van der Waals surface area (Å²) >= 11 is 0. The molecule has 4 heavy (non-hydrogen) atoms. The van der Waals surface area contributed by atoms with Gasteiger partial charge < -0.3 is 2.85 Å². The molecule has 0 unspecified atom stereocenters. The molecule has 0 N–H and O–H groups in total. The van der Waals surface area contributed by atoms with Gasteiger partial charge in [0.2, 0.25) is 0 Å². The summed E-state index contributed by atoms with van der Waals surface area (Å²) in [5.41, 5.74) is 0. The number of hydrogen-bond acceptors (Lipinski definition) is 0.